The van der Waals surface area contributed by atoms with Gasteiger partial charge in [-0.15, -0.1) is 0 Å². The maximum Gasteiger partial charge on any atom is 0.243 e. The molecular formula is C12H21N3O3. The number of carbonyl (C=O) groups is 1. The van der Waals surface area contributed by atoms with Crippen LogP contribution in [0.15, 0.2) is 10.6 Å². The van der Waals surface area contributed by atoms with Crippen molar-refractivity contribution in [1.29, 1.82) is 0 Å². The minimum atomic E-state index is -0.361. The molecule has 1 amide bonds. The summed E-state index contributed by atoms with van der Waals surface area (Å²) in [5, 5.41) is 15.6. The Bertz CT molecular complexity index is 390. The number of aliphatic hydroxyl groups excluding tert-OH is 1. The van der Waals surface area contributed by atoms with Crippen molar-refractivity contribution >= 4 is 11.8 Å². The second kappa shape index (κ2) is 6.51. The topological polar surface area (TPSA) is 78.6 Å². The first-order valence-corrected chi connectivity index (χ1v) is 6.02. The summed E-state index contributed by atoms with van der Waals surface area (Å²) < 4.78 is 4.92. The number of carbonyl (C=O) groups excluding carboxylic acids is 1. The average Bonchev–Trinajstić information content (AvgIpc) is 2.70. The van der Waals surface area contributed by atoms with Gasteiger partial charge in [0.15, 0.2) is 0 Å². The van der Waals surface area contributed by atoms with Gasteiger partial charge in [-0.2, -0.15) is 0 Å². The molecule has 1 rings (SSSR count). The van der Waals surface area contributed by atoms with Crippen LogP contribution in [0.4, 0.5) is 5.88 Å². The number of likely N-dealkylation sites (N-methyl/N-ethyl adjacent to an activating group) is 1. The van der Waals surface area contributed by atoms with Gasteiger partial charge in [0, 0.05) is 12.6 Å². The maximum absolute atomic E-state index is 11.9. The minimum Gasteiger partial charge on any atom is -0.393 e. The predicted molar refractivity (Wildman–Crippen MR) is 68.3 cm³/mol. The van der Waals surface area contributed by atoms with Crippen LogP contribution < -0.4 is 5.32 Å². The van der Waals surface area contributed by atoms with Crippen LogP contribution in [0.5, 0.6) is 0 Å². The summed E-state index contributed by atoms with van der Waals surface area (Å²) in [6, 6.07) is 1.37. The summed E-state index contributed by atoms with van der Waals surface area (Å²) in [6.07, 6.45) is 0.273. The Balaban J connectivity index is 2.45. The fourth-order valence-electron chi connectivity index (χ4n) is 1.43. The molecule has 1 aromatic heterocycles. The van der Waals surface area contributed by atoms with Crippen LogP contribution in [0.1, 0.15) is 26.0 Å². The van der Waals surface area contributed by atoms with Crippen molar-refractivity contribution in [2.75, 3.05) is 18.9 Å². The molecule has 2 unspecified atom stereocenters. The van der Waals surface area contributed by atoms with E-state index >= 15 is 0 Å². The van der Waals surface area contributed by atoms with E-state index in [2.05, 4.69) is 10.5 Å². The Kier molecular flexibility index (Phi) is 5.30. The first kappa shape index (κ1) is 14.7. The van der Waals surface area contributed by atoms with E-state index in [9.17, 15) is 9.90 Å². The Hall–Kier alpha value is -1.40. The van der Waals surface area contributed by atoms with E-state index in [1.54, 1.807) is 26.8 Å². The number of aliphatic hydroxyl groups is 1. The summed E-state index contributed by atoms with van der Waals surface area (Å²) >= 11 is 0. The molecule has 18 heavy (non-hydrogen) atoms. The molecule has 0 saturated carbocycles. The first-order chi connectivity index (χ1) is 8.40. The zero-order chi connectivity index (χ0) is 13.7. The Morgan fingerprint density at radius 3 is 2.78 bits per heavy atom. The van der Waals surface area contributed by atoms with Gasteiger partial charge in [-0.05, 0) is 34.2 Å². The number of amides is 1. The highest BCUT2D eigenvalue weighted by Crippen LogP contribution is 2.10. The monoisotopic (exact) mass is 255 g/mol. The van der Waals surface area contributed by atoms with Crippen molar-refractivity contribution in [3.63, 3.8) is 0 Å². The van der Waals surface area contributed by atoms with Crippen LogP contribution >= 0.6 is 0 Å². The number of nitrogens with zero attached hydrogens (tertiary/aromatic N) is 2. The molecule has 0 spiro atoms. The summed E-state index contributed by atoms with van der Waals surface area (Å²) in [7, 11) is 1.85. The number of aryl methyl sites for hydroxylation is 1. The molecule has 0 fully saturated rings. The van der Waals surface area contributed by atoms with E-state index in [0.29, 0.717) is 18.8 Å². The number of anilines is 1. The molecule has 0 bridgehead atoms. The van der Waals surface area contributed by atoms with Crippen molar-refractivity contribution in [3.05, 3.63) is 11.8 Å². The van der Waals surface area contributed by atoms with Gasteiger partial charge in [0.1, 0.15) is 0 Å². The van der Waals surface area contributed by atoms with Crippen molar-refractivity contribution < 1.29 is 14.4 Å². The lowest BCUT2D eigenvalue weighted by Gasteiger charge is -2.23. The molecule has 6 heteroatoms. The van der Waals surface area contributed by atoms with Crippen molar-refractivity contribution in [1.82, 2.24) is 10.1 Å². The molecule has 1 heterocycles. The maximum atomic E-state index is 11.9. The highest BCUT2D eigenvalue weighted by Gasteiger charge is 2.19. The third-order valence-electron chi connectivity index (χ3n) is 2.81. The number of hydrogen-bond acceptors (Lipinski definition) is 5. The zero-order valence-electron chi connectivity index (χ0n) is 11.3. The van der Waals surface area contributed by atoms with Crippen molar-refractivity contribution in [2.24, 2.45) is 0 Å². The van der Waals surface area contributed by atoms with Crippen molar-refractivity contribution in [3.8, 4) is 0 Å². The van der Waals surface area contributed by atoms with Crippen molar-refractivity contribution in [2.45, 2.75) is 39.3 Å². The number of rotatable bonds is 6. The molecule has 0 saturated heterocycles. The second-order valence-electron chi connectivity index (χ2n) is 4.62. The van der Waals surface area contributed by atoms with Crippen LogP contribution in [0, 0.1) is 6.92 Å². The molecule has 0 radical (unpaired) electrons. The van der Waals surface area contributed by atoms with E-state index in [4.69, 9.17) is 4.52 Å². The summed E-state index contributed by atoms with van der Waals surface area (Å²) in [4.78, 5) is 13.8. The third-order valence-corrected chi connectivity index (χ3v) is 2.81. The lowest BCUT2D eigenvalue weighted by Crippen LogP contribution is -2.40. The summed E-state index contributed by atoms with van der Waals surface area (Å²) in [5.74, 6) is 0.201. The van der Waals surface area contributed by atoms with Gasteiger partial charge in [-0.1, -0.05) is 5.16 Å². The van der Waals surface area contributed by atoms with E-state index in [-0.39, 0.29) is 18.1 Å². The lowest BCUT2D eigenvalue weighted by molar-refractivity contribution is -0.120. The van der Waals surface area contributed by atoms with E-state index in [1.165, 1.54) is 0 Å². The van der Waals surface area contributed by atoms with E-state index in [0.717, 1.165) is 5.69 Å². The zero-order valence-corrected chi connectivity index (χ0v) is 11.3. The van der Waals surface area contributed by atoms with Gasteiger partial charge in [0.2, 0.25) is 11.8 Å². The SMILES string of the molecule is Cc1cc(NC(=O)C(C)N(C)CCC(C)O)on1. The molecule has 0 aliphatic rings. The Labute approximate surface area is 107 Å². The first-order valence-electron chi connectivity index (χ1n) is 6.02. The molecule has 1 aromatic rings. The highest BCUT2D eigenvalue weighted by molar-refractivity contribution is 5.93. The van der Waals surface area contributed by atoms with Crippen LogP contribution in [-0.4, -0.2) is 46.8 Å². The van der Waals surface area contributed by atoms with Gasteiger partial charge in [0.05, 0.1) is 17.8 Å². The third kappa shape index (κ3) is 4.46. The molecular weight excluding hydrogens is 234 g/mol. The van der Waals surface area contributed by atoms with Gasteiger partial charge in [-0.25, -0.2) is 0 Å². The molecule has 2 atom stereocenters. The molecule has 6 nitrogen and oxygen atoms in total. The van der Waals surface area contributed by atoms with Crippen LogP contribution in [0.3, 0.4) is 0 Å². The fourth-order valence-corrected chi connectivity index (χ4v) is 1.43. The van der Waals surface area contributed by atoms with Crippen LogP contribution in [0.25, 0.3) is 0 Å². The largest absolute Gasteiger partial charge is 0.393 e. The smallest absolute Gasteiger partial charge is 0.243 e. The second-order valence-corrected chi connectivity index (χ2v) is 4.62. The Morgan fingerprint density at radius 1 is 1.61 bits per heavy atom. The molecule has 102 valence electrons. The highest BCUT2D eigenvalue weighted by atomic mass is 16.5. The molecule has 0 aromatic carbocycles. The summed E-state index contributed by atoms with van der Waals surface area (Å²) in [6.45, 7) is 5.98. The number of aromatic nitrogens is 1. The van der Waals surface area contributed by atoms with Gasteiger partial charge >= 0.3 is 0 Å². The number of nitrogens with one attached hydrogen (secondary N) is 1. The predicted octanol–water partition coefficient (Wildman–Crippen LogP) is 1.01. The molecule has 2 N–H and O–H groups in total. The van der Waals surface area contributed by atoms with E-state index in [1.807, 2.05) is 11.9 Å². The van der Waals surface area contributed by atoms with Gasteiger partial charge in [0.25, 0.3) is 0 Å². The number of hydrogen-bond donors (Lipinski definition) is 2. The van der Waals surface area contributed by atoms with Gasteiger partial charge < -0.3 is 9.63 Å². The Morgan fingerprint density at radius 2 is 2.28 bits per heavy atom. The van der Waals surface area contributed by atoms with Gasteiger partial charge in [-0.3, -0.25) is 15.0 Å². The average molecular weight is 255 g/mol. The minimum absolute atomic E-state index is 0.153. The normalized spacial score (nSPS) is 14.6. The molecule has 0 aliphatic heterocycles. The lowest BCUT2D eigenvalue weighted by atomic mass is 10.2. The van der Waals surface area contributed by atoms with E-state index < -0.39 is 0 Å². The fraction of sp³-hybridized carbons (Fsp3) is 0.667. The summed E-state index contributed by atoms with van der Waals surface area (Å²) in [5.41, 5.74) is 0.723. The van der Waals surface area contributed by atoms with Crippen LogP contribution in [0.2, 0.25) is 0 Å². The standard InChI is InChI=1S/C12H21N3O3/c1-8-7-11(18-14-8)13-12(17)10(3)15(4)6-5-9(2)16/h7,9-10,16H,5-6H2,1-4H3,(H,13,17). The van der Waals surface area contributed by atoms with Crippen LogP contribution in [-0.2, 0) is 4.79 Å². The quantitative estimate of drug-likeness (QED) is 0.793. The molecule has 0 aliphatic carbocycles.